The van der Waals surface area contributed by atoms with Crippen LogP contribution in [0.1, 0.15) is 118 Å². The Kier molecular flexibility index (Phi) is 6.41. The lowest BCUT2D eigenvalue weighted by Gasteiger charge is -2.65. The summed E-state index contributed by atoms with van der Waals surface area (Å²) in [5.74, 6) is 2.45. The monoisotopic (exact) mass is 434 g/mol. The van der Waals surface area contributed by atoms with E-state index < -0.39 is 11.2 Å². The van der Waals surface area contributed by atoms with Crippen molar-refractivity contribution < 1.29 is 15.3 Å². The van der Waals surface area contributed by atoms with Crippen LogP contribution in [-0.2, 0) is 0 Å². The van der Waals surface area contributed by atoms with Gasteiger partial charge in [-0.1, -0.05) is 46.5 Å². The van der Waals surface area contributed by atoms with Gasteiger partial charge in [-0.25, -0.2) is 0 Å². The molecule has 3 N–H and O–H groups in total. The van der Waals surface area contributed by atoms with Gasteiger partial charge in [-0.05, 0) is 112 Å². The van der Waals surface area contributed by atoms with Crippen molar-refractivity contribution in [1.29, 1.82) is 0 Å². The highest BCUT2D eigenvalue weighted by atomic mass is 16.3. The first-order chi connectivity index (χ1) is 14.5. The van der Waals surface area contributed by atoms with Crippen LogP contribution in [-0.4, -0.2) is 32.6 Å². The fourth-order valence-electron chi connectivity index (χ4n) is 9.83. The maximum absolute atomic E-state index is 11.6. The van der Waals surface area contributed by atoms with Crippen LogP contribution in [0.3, 0.4) is 0 Å². The second kappa shape index (κ2) is 8.27. The fraction of sp³-hybridized carbons (Fsp3) is 1.00. The number of hydrogen-bond donors (Lipinski definition) is 3. The molecule has 10 atom stereocenters. The summed E-state index contributed by atoms with van der Waals surface area (Å²) in [6, 6.07) is 0. The van der Waals surface area contributed by atoms with Crippen molar-refractivity contribution in [1.82, 2.24) is 0 Å². The van der Waals surface area contributed by atoms with Crippen molar-refractivity contribution in [2.75, 3.05) is 0 Å². The normalized spacial score (nSPS) is 51.5. The number of aliphatic hydroxyl groups excluding tert-OH is 1. The average molecular weight is 435 g/mol. The van der Waals surface area contributed by atoms with Crippen molar-refractivity contribution in [3.63, 3.8) is 0 Å². The van der Waals surface area contributed by atoms with E-state index in [9.17, 15) is 15.3 Å². The van der Waals surface area contributed by atoms with E-state index in [-0.39, 0.29) is 22.9 Å². The third-order valence-electron chi connectivity index (χ3n) is 11.3. The van der Waals surface area contributed by atoms with Crippen LogP contribution in [0, 0.1) is 40.4 Å². The minimum absolute atomic E-state index is 0.147. The Hall–Kier alpha value is -0.120. The number of hydrogen-bond acceptors (Lipinski definition) is 3. The van der Waals surface area contributed by atoms with Gasteiger partial charge < -0.3 is 15.3 Å². The molecule has 180 valence electrons. The van der Waals surface area contributed by atoms with Crippen LogP contribution in [0.25, 0.3) is 0 Å². The molecule has 0 bridgehead atoms. The molecule has 0 spiro atoms. The molecule has 4 aliphatic carbocycles. The Morgan fingerprint density at radius 2 is 1.58 bits per heavy atom. The van der Waals surface area contributed by atoms with Crippen LogP contribution >= 0.6 is 0 Å². The minimum Gasteiger partial charge on any atom is -0.393 e. The van der Waals surface area contributed by atoms with E-state index >= 15 is 0 Å². The Bertz CT molecular complexity index is 642. The highest BCUT2D eigenvalue weighted by Gasteiger charge is 2.65. The van der Waals surface area contributed by atoms with Crippen LogP contribution in [0.4, 0.5) is 0 Å². The first-order valence-corrected chi connectivity index (χ1v) is 13.6. The van der Waals surface area contributed by atoms with Crippen LogP contribution in [0.5, 0.6) is 0 Å². The average Bonchev–Trinajstić information content (AvgIpc) is 3.05. The minimum atomic E-state index is -0.684. The van der Waals surface area contributed by atoms with E-state index in [2.05, 4.69) is 34.6 Å². The SMILES string of the molecule is CCCCCC[C@](C)(O)C1CCC2C3CC(C)(O)C4CC(O)CCC4(C)C3CCC21C. The number of unbranched alkanes of at least 4 members (excludes halogenated alkanes) is 3. The molecule has 4 aliphatic rings. The second-order valence-electron chi connectivity index (χ2n) is 13.3. The first kappa shape index (κ1) is 24.0. The molecule has 9 unspecified atom stereocenters. The highest BCUT2D eigenvalue weighted by molar-refractivity contribution is 5.15. The molecule has 31 heavy (non-hydrogen) atoms. The Morgan fingerprint density at radius 1 is 0.903 bits per heavy atom. The Balaban J connectivity index is 1.55. The standard InChI is InChI=1S/C28H50O3/c1-6-7-8-9-14-27(4,30)23-11-10-21-20-18-28(5,31)24-17-19(29)12-15-26(24,3)22(20)13-16-25(21,23)2/h19-24,29-31H,6-18H2,1-5H3/t19?,20?,21?,22?,23?,24?,25?,26?,27-,28?/m0/s1. The third-order valence-corrected chi connectivity index (χ3v) is 11.3. The van der Waals surface area contributed by atoms with Gasteiger partial charge in [-0.15, -0.1) is 0 Å². The van der Waals surface area contributed by atoms with Crippen LogP contribution in [0.15, 0.2) is 0 Å². The molecule has 4 fully saturated rings. The summed E-state index contributed by atoms with van der Waals surface area (Å²) < 4.78 is 0. The van der Waals surface area contributed by atoms with Crippen LogP contribution < -0.4 is 0 Å². The lowest BCUT2D eigenvalue weighted by atomic mass is 9.41. The lowest BCUT2D eigenvalue weighted by Crippen LogP contribution is -2.62. The molecule has 0 amide bonds. The largest absolute Gasteiger partial charge is 0.393 e. The molecular weight excluding hydrogens is 384 g/mol. The van der Waals surface area contributed by atoms with E-state index in [4.69, 9.17) is 0 Å². The highest BCUT2D eigenvalue weighted by Crippen LogP contribution is 2.70. The smallest absolute Gasteiger partial charge is 0.0656 e. The topological polar surface area (TPSA) is 60.7 Å². The summed E-state index contributed by atoms with van der Waals surface area (Å²) in [4.78, 5) is 0. The lowest BCUT2D eigenvalue weighted by molar-refractivity contribution is -0.213. The maximum atomic E-state index is 11.6. The zero-order chi connectivity index (χ0) is 22.7. The molecule has 4 saturated carbocycles. The van der Waals surface area contributed by atoms with Gasteiger partial charge in [0.2, 0.25) is 0 Å². The van der Waals surface area contributed by atoms with E-state index in [0.717, 1.165) is 44.9 Å². The molecular formula is C28H50O3. The van der Waals surface area contributed by atoms with E-state index in [1.807, 2.05) is 0 Å². The summed E-state index contributed by atoms with van der Waals surface area (Å²) in [5, 5.41) is 33.6. The predicted octanol–water partition coefficient (Wildman–Crippen LogP) is 6.09. The summed E-state index contributed by atoms with van der Waals surface area (Å²) >= 11 is 0. The first-order valence-electron chi connectivity index (χ1n) is 13.6. The molecule has 3 heteroatoms. The molecule has 0 aliphatic heterocycles. The molecule has 0 heterocycles. The third kappa shape index (κ3) is 3.93. The van der Waals surface area contributed by atoms with Gasteiger partial charge in [0.15, 0.2) is 0 Å². The quantitative estimate of drug-likeness (QED) is 0.443. The van der Waals surface area contributed by atoms with Gasteiger partial charge in [-0.3, -0.25) is 0 Å². The molecule has 4 rings (SSSR count). The number of rotatable bonds is 6. The molecule has 0 saturated heterocycles. The summed E-state index contributed by atoms with van der Waals surface area (Å²) in [6.07, 6.45) is 14.0. The zero-order valence-corrected chi connectivity index (χ0v) is 21.0. The Morgan fingerprint density at radius 3 is 2.29 bits per heavy atom. The van der Waals surface area contributed by atoms with Gasteiger partial charge in [0.1, 0.15) is 0 Å². The predicted molar refractivity (Wildman–Crippen MR) is 127 cm³/mol. The van der Waals surface area contributed by atoms with Crippen molar-refractivity contribution >= 4 is 0 Å². The van der Waals surface area contributed by atoms with Gasteiger partial charge in [0.25, 0.3) is 0 Å². The van der Waals surface area contributed by atoms with E-state index in [1.54, 1.807) is 0 Å². The second-order valence-corrected chi connectivity index (χ2v) is 13.3. The van der Waals surface area contributed by atoms with E-state index in [1.165, 1.54) is 38.5 Å². The van der Waals surface area contributed by atoms with Crippen molar-refractivity contribution in [2.45, 2.75) is 135 Å². The summed E-state index contributed by atoms with van der Waals surface area (Å²) in [6.45, 7) is 11.4. The molecule has 0 aromatic heterocycles. The molecule has 0 aromatic rings. The van der Waals surface area contributed by atoms with Gasteiger partial charge >= 0.3 is 0 Å². The summed E-state index contributed by atoms with van der Waals surface area (Å²) in [7, 11) is 0. The fourth-order valence-corrected chi connectivity index (χ4v) is 9.83. The van der Waals surface area contributed by atoms with Gasteiger partial charge in [0.05, 0.1) is 17.3 Å². The van der Waals surface area contributed by atoms with E-state index in [0.29, 0.717) is 23.7 Å². The molecule has 3 nitrogen and oxygen atoms in total. The zero-order valence-electron chi connectivity index (χ0n) is 21.0. The number of fused-ring (bicyclic) bond motifs is 5. The van der Waals surface area contributed by atoms with Gasteiger partial charge in [-0.2, -0.15) is 0 Å². The van der Waals surface area contributed by atoms with Crippen molar-refractivity contribution in [3.05, 3.63) is 0 Å². The Labute approximate surface area is 191 Å². The summed E-state index contributed by atoms with van der Waals surface area (Å²) in [5.41, 5.74) is -0.907. The number of aliphatic hydroxyl groups is 3. The molecule has 0 radical (unpaired) electrons. The van der Waals surface area contributed by atoms with Crippen LogP contribution in [0.2, 0.25) is 0 Å². The van der Waals surface area contributed by atoms with Crippen molar-refractivity contribution in [2.24, 2.45) is 40.4 Å². The van der Waals surface area contributed by atoms with Gasteiger partial charge in [0, 0.05) is 0 Å². The van der Waals surface area contributed by atoms with Crippen molar-refractivity contribution in [3.8, 4) is 0 Å². The maximum Gasteiger partial charge on any atom is 0.0656 e. The molecule has 0 aromatic carbocycles.